The molecule has 3 atom stereocenters. The third-order valence-electron chi connectivity index (χ3n) is 4.17. The van der Waals surface area contributed by atoms with Crippen LogP contribution in [0.15, 0.2) is 0 Å². The second-order valence-corrected chi connectivity index (χ2v) is 6.81. The summed E-state index contributed by atoms with van der Waals surface area (Å²) in [5.74, 6) is 0. The van der Waals surface area contributed by atoms with Gasteiger partial charge in [0, 0.05) is 0 Å². The SMILES string of the molecule is CCCCCCC(C)OC1CC(C)(C)CCC1O. The highest BCUT2D eigenvalue weighted by Crippen LogP contribution is 2.37. The summed E-state index contributed by atoms with van der Waals surface area (Å²) in [6.45, 7) is 8.95. The van der Waals surface area contributed by atoms with Crippen LogP contribution in [0.4, 0.5) is 0 Å². The Hall–Kier alpha value is -0.0800. The van der Waals surface area contributed by atoms with Crippen LogP contribution in [-0.2, 0) is 4.74 Å². The van der Waals surface area contributed by atoms with Crippen molar-refractivity contribution in [1.29, 1.82) is 0 Å². The van der Waals surface area contributed by atoms with Crippen molar-refractivity contribution < 1.29 is 9.84 Å². The van der Waals surface area contributed by atoms with E-state index >= 15 is 0 Å². The van der Waals surface area contributed by atoms with Crippen molar-refractivity contribution in [2.24, 2.45) is 5.41 Å². The first kappa shape index (κ1) is 16.0. The van der Waals surface area contributed by atoms with Gasteiger partial charge in [-0.25, -0.2) is 0 Å². The highest BCUT2D eigenvalue weighted by Gasteiger charge is 2.35. The van der Waals surface area contributed by atoms with Crippen molar-refractivity contribution in [3.05, 3.63) is 0 Å². The van der Waals surface area contributed by atoms with Crippen LogP contribution in [0.25, 0.3) is 0 Å². The van der Waals surface area contributed by atoms with E-state index in [-0.39, 0.29) is 18.3 Å². The average Bonchev–Trinajstić information content (AvgIpc) is 2.29. The fourth-order valence-corrected chi connectivity index (χ4v) is 2.87. The number of hydrogen-bond donors (Lipinski definition) is 1. The molecule has 2 heteroatoms. The number of ether oxygens (including phenoxy) is 1. The van der Waals surface area contributed by atoms with Crippen LogP contribution in [-0.4, -0.2) is 23.4 Å². The lowest BCUT2D eigenvalue weighted by Gasteiger charge is -2.39. The molecule has 0 radical (unpaired) electrons. The van der Waals surface area contributed by atoms with Crippen LogP contribution < -0.4 is 0 Å². The first-order chi connectivity index (χ1) is 8.44. The van der Waals surface area contributed by atoms with Crippen molar-refractivity contribution in [3.8, 4) is 0 Å². The predicted molar refractivity (Wildman–Crippen MR) is 76.7 cm³/mol. The van der Waals surface area contributed by atoms with Gasteiger partial charge in [0.2, 0.25) is 0 Å². The maximum absolute atomic E-state index is 10.0. The Balaban J connectivity index is 2.26. The van der Waals surface area contributed by atoms with Crippen LogP contribution >= 0.6 is 0 Å². The minimum Gasteiger partial charge on any atom is -0.390 e. The van der Waals surface area contributed by atoms with Crippen LogP contribution in [0, 0.1) is 5.41 Å². The lowest BCUT2D eigenvalue weighted by Crippen LogP contribution is -2.40. The van der Waals surface area contributed by atoms with Crippen LogP contribution in [0.3, 0.4) is 0 Å². The van der Waals surface area contributed by atoms with Crippen molar-refractivity contribution in [2.75, 3.05) is 0 Å². The van der Waals surface area contributed by atoms with Crippen LogP contribution in [0.5, 0.6) is 0 Å². The second-order valence-electron chi connectivity index (χ2n) is 6.81. The van der Waals surface area contributed by atoms with Gasteiger partial charge in [0.1, 0.15) is 0 Å². The van der Waals surface area contributed by atoms with Crippen molar-refractivity contribution in [1.82, 2.24) is 0 Å². The summed E-state index contributed by atoms with van der Waals surface area (Å²) in [4.78, 5) is 0. The van der Waals surface area contributed by atoms with Gasteiger partial charge in [-0.05, 0) is 38.0 Å². The largest absolute Gasteiger partial charge is 0.390 e. The molecule has 1 aliphatic rings. The number of rotatable bonds is 7. The Kier molecular flexibility index (Phi) is 6.65. The van der Waals surface area contributed by atoms with E-state index in [0.29, 0.717) is 5.41 Å². The number of aliphatic hydroxyl groups excluding tert-OH is 1. The Morgan fingerprint density at radius 1 is 1.28 bits per heavy atom. The van der Waals surface area contributed by atoms with E-state index in [9.17, 15) is 5.11 Å². The molecule has 0 aromatic carbocycles. The second kappa shape index (κ2) is 7.49. The van der Waals surface area contributed by atoms with Crippen LogP contribution in [0.1, 0.15) is 79.1 Å². The molecular weight excluding hydrogens is 224 g/mol. The molecule has 1 aliphatic carbocycles. The summed E-state index contributed by atoms with van der Waals surface area (Å²) < 4.78 is 6.07. The molecule has 0 spiro atoms. The molecule has 0 aliphatic heterocycles. The van der Waals surface area contributed by atoms with E-state index in [4.69, 9.17) is 4.74 Å². The quantitative estimate of drug-likeness (QED) is 0.688. The zero-order valence-corrected chi connectivity index (χ0v) is 12.7. The molecule has 0 heterocycles. The summed E-state index contributed by atoms with van der Waals surface area (Å²) in [6, 6.07) is 0. The zero-order valence-electron chi connectivity index (χ0n) is 12.7. The Morgan fingerprint density at radius 3 is 2.67 bits per heavy atom. The topological polar surface area (TPSA) is 29.5 Å². The van der Waals surface area contributed by atoms with E-state index in [2.05, 4.69) is 27.7 Å². The maximum Gasteiger partial charge on any atom is 0.0842 e. The van der Waals surface area contributed by atoms with Gasteiger partial charge >= 0.3 is 0 Å². The van der Waals surface area contributed by atoms with Gasteiger partial charge in [-0.1, -0.05) is 46.5 Å². The van der Waals surface area contributed by atoms with Gasteiger partial charge in [-0.3, -0.25) is 0 Å². The molecular formula is C16H32O2. The molecule has 0 bridgehead atoms. The molecule has 0 amide bonds. The van der Waals surface area contributed by atoms with Gasteiger partial charge in [0.25, 0.3) is 0 Å². The monoisotopic (exact) mass is 256 g/mol. The zero-order chi connectivity index (χ0) is 13.6. The molecule has 1 rings (SSSR count). The molecule has 0 aromatic heterocycles. The molecule has 3 unspecified atom stereocenters. The summed E-state index contributed by atoms with van der Waals surface area (Å²) in [5.41, 5.74) is 0.325. The molecule has 1 fully saturated rings. The van der Waals surface area contributed by atoms with Crippen molar-refractivity contribution >= 4 is 0 Å². The molecule has 18 heavy (non-hydrogen) atoms. The maximum atomic E-state index is 10.0. The van der Waals surface area contributed by atoms with Crippen molar-refractivity contribution in [3.63, 3.8) is 0 Å². The molecule has 1 N–H and O–H groups in total. The Labute approximate surface area is 113 Å². The smallest absolute Gasteiger partial charge is 0.0842 e. The average molecular weight is 256 g/mol. The third kappa shape index (κ3) is 5.71. The van der Waals surface area contributed by atoms with E-state index in [1.807, 2.05) is 0 Å². The Morgan fingerprint density at radius 2 is 2.00 bits per heavy atom. The van der Waals surface area contributed by atoms with Gasteiger partial charge in [0.15, 0.2) is 0 Å². The van der Waals surface area contributed by atoms with E-state index < -0.39 is 0 Å². The standard InChI is InChI=1S/C16H32O2/c1-5-6-7-8-9-13(2)18-15-12-16(3,4)11-10-14(15)17/h13-15,17H,5-12H2,1-4H3. The van der Waals surface area contributed by atoms with E-state index in [1.165, 1.54) is 25.7 Å². The Bertz CT molecular complexity index is 225. The molecule has 0 aromatic rings. The lowest BCUT2D eigenvalue weighted by atomic mass is 9.75. The van der Waals surface area contributed by atoms with Gasteiger partial charge in [0.05, 0.1) is 18.3 Å². The normalized spacial score (nSPS) is 29.2. The van der Waals surface area contributed by atoms with Crippen molar-refractivity contribution in [2.45, 2.75) is 97.4 Å². The molecule has 108 valence electrons. The molecule has 1 saturated carbocycles. The minimum absolute atomic E-state index is 0.0509. The summed E-state index contributed by atoms with van der Waals surface area (Å²) in [7, 11) is 0. The van der Waals surface area contributed by atoms with E-state index in [0.717, 1.165) is 25.7 Å². The number of aliphatic hydroxyl groups is 1. The summed E-state index contributed by atoms with van der Waals surface area (Å²) >= 11 is 0. The first-order valence-electron chi connectivity index (χ1n) is 7.78. The fourth-order valence-electron chi connectivity index (χ4n) is 2.87. The highest BCUT2D eigenvalue weighted by molar-refractivity contribution is 4.86. The lowest BCUT2D eigenvalue weighted by molar-refractivity contribution is -0.113. The van der Waals surface area contributed by atoms with Gasteiger partial charge in [-0.2, -0.15) is 0 Å². The summed E-state index contributed by atoms with van der Waals surface area (Å²) in [5, 5.41) is 10.0. The van der Waals surface area contributed by atoms with E-state index in [1.54, 1.807) is 0 Å². The van der Waals surface area contributed by atoms with Gasteiger partial charge < -0.3 is 9.84 Å². The fraction of sp³-hybridized carbons (Fsp3) is 1.00. The first-order valence-corrected chi connectivity index (χ1v) is 7.78. The van der Waals surface area contributed by atoms with Gasteiger partial charge in [-0.15, -0.1) is 0 Å². The molecule has 2 nitrogen and oxygen atoms in total. The third-order valence-corrected chi connectivity index (χ3v) is 4.17. The number of hydrogen-bond acceptors (Lipinski definition) is 2. The van der Waals surface area contributed by atoms with Crippen LogP contribution in [0.2, 0.25) is 0 Å². The number of unbranched alkanes of at least 4 members (excludes halogenated alkanes) is 3. The molecule has 0 saturated heterocycles. The highest BCUT2D eigenvalue weighted by atomic mass is 16.5. The summed E-state index contributed by atoms with van der Waals surface area (Å²) in [6.07, 6.45) is 9.37. The minimum atomic E-state index is -0.254. The predicted octanol–water partition coefficient (Wildman–Crippen LogP) is 4.30.